The molecular weight excluding hydrogens is 671 g/mol. The summed E-state index contributed by atoms with van der Waals surface area (Å²) in [6, 6.07) is 54.1. The van der Waals surface area contributed by atoms with Gasteiger partial charge in [0.1, 0.15) is 0 Å². The van der Waals surface area contributed by atoms with Crippen LogP contribution in [0.1, 0.15) is 31.9 Å². The molecule has 0 atom stereocenters. The van der Waals surface area contributed by atoms with Gasteiger partial charge in [0.2, 0.25) is 0 Å². The van der Waals surface area contributed by atoms with Crippen LogP contribution in [-0.2, 0) is 5.41 Å². The largest absolute Gasteiger partial charge is 0.309 e. The van der Waals surface area contributed by atoms with E-state index in [4.69, 9.17) is 0 Å². The van der Waals surface area contributed by atoms with Crippen molar-refractivity contribution < 1.29 is 0 Å². The quantitative estimate of drug-likeness (QED) is 0.152. The lowest BCUT2D eigenvalue weighted by Gasteiger charge is -2.22. The van der Waals surface area contributed by atoms with Crippen LogP contribution in [-0.4, -0.2) is 4.57 Å². The molecule has 0 aliphatic heterocycles. The second-order valence-electron chi connectivity index (χ2n) is 14.9. The lowest BCUT2D eigenvalue weighted by molar-refractivity contribution is 0.660. The van der Waals surface area contributed by atoms with Crippen molar-refractivity contribution in [1.82, 2.24) is 4.57 Å². The van der Waals surface area contributed by atoms with Gasteiger partial charge in [-0.2, -0.15) is 0 Å². The van der Waals surface area contributed by atoms with Crippen LogP contribution in [0.15, 0.2) is 176 Å². The maximum absolute atomic E-state index is 4.13. The SMILES string of the molecule is C=C/C=C(\C=C/C)n1c2ccc(-c3ccc4c(c3)C(C)(C)c3ccccc3-4)cc2c2c3c(sc4ccc(-c5ccccc5)cc43)c(-c3ccccc3)cc21. The molecule has 0 amide bonds. The fraction of sp³-hybridized carbons (Fsp3) is 0.0769. The third-order valence-corrected chi connectivity index (χ3v) is 12.7. The average Bonchev–Trinajstić information content (AvgIpc) is 3.83. The van der Waals surface area contributed by atoms with E-state index in [1.165, 1.54) is 97.6 Å². The number of allylic oxidation sites excluding steroid dienone is 5. The van der Waals surface area contributed by atoms with Gasteiger partial charge in [0, 0.05) is 47.6 Å². The molecule has 54 heavy (non-hydrogen) atoms. The molecule has 0 saturated heterocycles. The zero-order valence-electron chi connectivity index (χ0n) is 30.7. The van der Waals surface area contributed by atoms with E-state index in [2.05, 4.69) is 196 Å². The highest BCUT2D eigenvalue weighted by atomic mass is 32.1. The first-order chi connectivity index (χ1) is 26.5. The molecule has 2 heteroatoms. The normalized spacial score (nSPS) is 13.7. The molecule has 2 aromatic heterocycles. The standard InChI is InChI=1S/C52H39NS/c1-5-15-38(16-6-2)53-46-27-24-36(37-23-26-40-39-21-13-14-22-44(39)52(3,4)45(40)31-37)29-42(46)49-47(53)32-41(34-19-11-8-12-20-34)51-50(49)43-30-35(25-28-48(43)54-51)33-17-9-7-10-18-33/h5-32H,1H2,2-4H3/b16-6-,38-15+. The Hall–Kier alpha value is -6.22. The molecule has 1 aliphatic carbocycles. The molecule has 10 rings (SSSR count). The second kappa shape index (κ2) is 12.4. The summed E-state index contributed by atoms with van der Waals surface area (Å²) in [5, 5.41) is 5.14. The predicted octanol–water partition coefficient (Wildman–Crippen LogP) is 15.1. The summed E-state index contributed by atoms with van der Waals surface area (Å²) in [4.78, 5) is 0. The number of fused-ring (bicyclic) bond motifs is 10. The Labute approximate surface area is 320 Å². The van der Waals surface area contributed by atoms with Crippen molar-refractivity contribution >= 4 is 59.0 Å². The van der Waals surface area contributed by atoms with Gasteiger partial charge in [-0.1, -0.05) is 142 Å². The lowest BCUT2D eigenvalue weighted by atomic mass is 9.81. The molecule has 7 aromatic carbocycles. The molecule has 2 heterocycles. The highest BCUT2D eigenvalue weighted by Gasteiger charge is 2.35. The molecular formula is C52H39NS. The summed E-state index contributed by atoms with van der Waals surface area (Å²) in [5.74, 6) is 0. The van der Waals surface area contributed by atoms with Crippen LogP contribution in [0.5, 0.6) is 0 Å². The van der Waals surface area contributed by atoms with Gasteiger partial charge in [0.25, 0.3) is 0 Å². The second-order valence-corrected chi connectivity index (χ2v) is 15.9. The fourth-order valence-electron chi connectivity index (χ4n) is 8.93. The van der Waals surface area contributed by atoms with Crippen molar-refractivity contribution in [1.29, 1.82) is 0 Å². The van der Waals surface area contributed by atoms with Gasteiger partial charge in [-0.15, -0.1) is 11.3 Å². The Morgan fingerprint density at radius 1 is 0.574 bits per heavy atom. The van der Waals surface area contributed by atoms with E-state index in [0.717, 1.165) is 5.70 Å². The van der Waals surface area contributed by atoms with Gasteiger partial charge in [-0.05, 0) is 106 Å². The van der Waals surface area contributed by atoms with Crippen molar-refractivity contribution in [3.8, 4) is 44.5 Å². The highest BCUT2D eigenvalue weighted by molar-refractivity contribution is 7.26. The molecule has 1 aliphatic rings. The molecule has 0 saturated carbocycles. The molecule has 1 nitrogen and oxygen atoms in total. The van der Waals surface area contributed by atoms with Crippen molar-refractivity contribution in [3.05, 3.63) is 188 Å². The van der Waals surface area contributed by atoms with Crippen LogP contribution in [0.4, 0.5) is 0 Å². The third kappa shape index (κ3) is 4.84. The van der Waals surface area contributed by atoms with Crippen molar-refractivity contribution in [2.45, 2.75) is 26.2 Å². The Kier molecular flexibility index (Phi) is 7.47. The van der Waals surface area contributed by atoms with Gasteiger partial charge >= 0.3 is 0 Å². The molecule has 258 valence electrons. The van der Waals surface area contributed by atoms with E-state index >= 15 is 0 Å². The fourth-order valence-corrected chi connectivity index (χ4v) is 10.2. The Balaban J connectivity index is 1.32. The zero-order chi connectivity index (χ0) is 36.6. The molecule has 0 fully saturated rings. The molecule has 0 bridgehead atoms. The minimum Gasteiger partial charge on any atom is -0.309 e. The highest BCUT2D eigenvalue weighted by Crippen LogP contribution is 2.51. The van der Waals surface area contributed by atoms with Gasteiger partial charge in [-0.25, -0.2) is 0 Å². The first kappa shape index (κ1) is 32.4. The summed E-state index contributed by atoms with van der Waals surface area (Å²) < 4.78 is 5.05. The van der Waals surface area contributed by atoms with Crippen LogP contribution < -0.4 is 0 Å². The molecule has 0 radical (unpaired) electrons. The van der Waals surface area contributed by atoms with Crippen LogP contribution in [0, 0.1) is 0 Å². The number of rotatable bonds is 6. The Morgan fingerprint density at radius 2 is 1.22 bits per heavy atom. The van der Waals surface area contributed by atoms with E-state index in [-0.39, 0.29) is 5.41 Å². The first-order valence-corrected chi connectivity index (χ1v) is 19.6. The number of hydrogen-bond donors (Lipinski definition) is 0. The predicted molar refractivity (Wildman–Crippen MR) is 235 cm³/mol. The minimum absolute atomic E-state index is 0.0645. The monoisotopic (exact) mass is 709 g/mol. The molecule has 0 N–H and O–H groups in total. The Bertz CT molecular complexity index is 3020. The molecule has 9 aromatic rings. The lowest BCUT2D eigenvalue weighted by Crippen LogP contribution is -2.14. The van der Waals surface area contributed by atoms with Crippen molar-refractivity contribution in [3.63, 3.8) is 0 Å². The number of thiophene rings is 1. The first-order valence-electron chi connectivity index (χ1n) is 18.7. The maximum Gasteiger partial charge on any atom is 0.0554 e. The van der Waals surface area contributed by atoms with Gasteiger partial charge in [0.15, 0.2) is 0 Å². The summed E-state index contributed by atoms with van der Waals surface area (Å²) in [7, 11) is 0. The van der Waals surface area contributed by atoms with Gasteiger partial charge in [-0.3, -0.25) is 0 Å². The smallest absolute Gasteiger partial charge is 0.0554 e. The minimum atomic E-state index is -0.0645. The van der Waals surface area contributed by atoms with Gasteiger partial charge < -0.3 is 4.57 Å². The maximum atomic E-state index is 4.13. The summed E-state index contributed by atoms with van der Waals surface area (Å²) in [5.41, 5.74) is 16.3. The summed E-state index contributed by atoms with van der Waals surface area (Å²) in [6.45, 7) is 10.9. The van der Waals surface area contributed by atoms with E-state index in [9.17, 15) is 0 Å². The molecule has 0 unspecified atom stereocenters. The third-order valence-electron chi connectivity index (χ3n) is 11.5. The topological polar surface area (TPSA) is 4.93 Å². The van der Waals surface area contributed by atoms with E-state index in [1.54, 1.807) is 0 Å². The van der Waals surface area contributed by atoms with Crippen molar-refractivity contribution in [2.75, 3.05) is 0 Å². The number of benzene rings is 7. The summed E-state index contributed by atoms with van der Waals surface area (Å²) in [6.07, 6.45) is 8.34. The average molecular weight is 710 g/mol. The van der Waals surface area contributed by atoms with Crippen LogP contribution in [0.25, 0.3) is 92.2 Å². The van der Waals surface area contributed by atoms with E-state index in [0.29, 0.717) is 0 Å². The summed E-state index contributed by atoms with van der Waals surface area (Å²) >= 11 is 1.90. The Morgan fingerprint density at radius 3 is 2.00 bits per heavy atom. The zero-order valence-corrected chi connectivity index (χ0v) is 31.5. The number of nitrogens with zero attached hydrogens (tertiary/aromatic N) is 1. The number of aromatic nitrogens is 1. The van der Waals surface area contributed by atoms with Crippen LogP contribution >= 0.6 is 11.3 Å². The van der Waals surface area contributed by atoms with Crippen LogP contribution in [0.3, 0.4) is 0 Å². The van der Waals surface area contributed by atoms with Crippen LogP contribution in [0.2, 0.25) is 0 Å². The van der Waals surface area contributed by atoms with Crippen molar-refractivity contribution in [2.24, 2.45) is 0 Å². The van der Waals surface area contributed by atoms with E-state index in [1.807, 2.05) is 17.4 Å². The van der Waals surface area contributed by atoms with Gasteiger partial charge in [0.05, 0.1) is 11.0 Å². The molecule has 0 spiro atoms. The van der Waals surface area contributed by atoms with E-state index < -0.39 is 0 Å². The number of hydrogen-bond acceptors (Lipinski definition) is 1.